The Morgan fingerprint density at radius 1 is 1.15 bits per heavy atom. The standard InChI is InChI=1S/C29H34N6O4/c1-4-16-31-28(37)26(20(2)3)32-27(36)25-11-8-17-35(25)29(38)24(33-34-30)18-21-12-14-23(15-13-21)39-19-22-9-6-5-7-10-22/h1,5-7,9-10,12-15,20,24-26H,8,11,16-19H2,2-3H3,(H,31,37)(H,32,36)/t24-,25-,26-/m0/s1. The van der Waals surface area contributed by atoms with Crippen LogP contribution in [0.4, 0.5) is 0 Å². The zero-order valence-corrected chi connectivity index (χ0v) is 22.2. The molecule has 0 aliphatic carbocycles. The molecule has 3 amide bonds. The Labute approximate surface area is 228 Å². The van der Waals surface area contributed by atoms with Crippen LogP contribution in [0.3, 0.4) is 0 Å². The summed E-state index contributed by atoms with van der Waals surface area (Å²) >= 11 is 0. The summed E-state index contributed by atoms with van der Waals surface area (Å²) in [5.74, 6) is 1.61. The number of likely N-dealkylation sites (tertiary alicyclic amines) is 1. The Bertz CT molecular complexity index is 1220. The van der Waals surface area contributed by atoms with Crippen LogP contribution in [-0.2, 0) is 27.4 Å². The number of benzene rings is 2. The normalized spacial score (nSPS) is 15.9. The molecule has 2 aromatic carbocycles. The molecule has 3 atom stereocenters. The Balaban J connectivity index is 1.64. The maximum absolute atomic E-state index is 13.4. The van der Waals surface area contributed by atoms with Crippen LogP contribution < -0.4 is 15.4 Å². The van der Waals surface area contributed by atoms with E-state index in [4.69, 9.17) is 16.7 Å². The predicted octanol–water partition coefficient (Wildman–Crippen LogP) is 3.37. The second-order valence-electron chi connectivity index (χ2n) is 9.68. The number of rotatable bonds is 12. The van der Waals surface area contributed by atoms with E-state index < -0.39 is 29.9 Å². The highest BCUT2D eigenvalue weighted by Gasteiger charge is 2.38. The summed E-state index contributed by atoms with van der Waals surface area (Å²) in [4.78, 5) is 43.4. The fraction of sp³-hybridized carbons (Fsp3) is 0.414. The number of ether oxygens (including phenoxy) is 1. The van der Waals surface area contributed by atoms with Crippen molar-refractivity contribution >= 4 is 17.7 Å². The summed E-state index contributed by atoms with van der Waals surface area (Å²) in [6.07, 6.45) is 6.47. The first kappa shape index (κ1) is 29.1. The lowest BCUT2D eigenvalue weighted by Crippen LogP contribution is -2.55. The van der Waals surface area contributed by atoms with Gasteiger partial charge in [0.25, 0.3) is 0 Å². The van der Waals surface area contributed by atoms with Gasteiger partial charge in [-0.15, -0.1) is 6.42 Å². The number of azide groups is 1. The lowest BCUT2D eigenvalue weighted by Gasteiger charge is -2.29. The van der Waals surface area contributed by atoms with Gasteiger partial charge in [0.1, 0.15) is 30.5 Å². The van der Waals surface area contributed by atoms with Crippen molar-refractivity contribution in [1.29, 1.82) is 0 Å². The fourth-order valence-corrected chi connectivity index (χ4v) is 4.45. The summed E-state index contributed by atoms with van der Waals surface area (Å²) in [6, 6.07) is 14.5. The van der Waals surface area contributed by atoms with Crippen LogP contribution in [0.1, 0.15) is 37.8 Å². The second-order valence-corrected chi connectivity index (χ2v) is 9.68. The smallest absolute Gasteiger partial charge is 0.243 e. The van der Waals surface area contributed by atoms with Gasteiger partial charge < -0.3 is 20.3 Å². The molecule has 204 valence electrons. The minimum atomic E-state index is -1.01. The summed E-state index contributed by atoms with van der Waals surface area (Å²) in [5.41, 5.74) is 11.0. The van der Waals surface area contributed by atoms with Crippen molar-refractivity contribution in [2.75, 3.05) is 13.1 Å². The molecule has 39 heavy (non-hydrogen) atoms. The zero-order chi connectivity index (χ0) is 28.2. The summed E-state index contributed by atoms with van der Waals surface area (Å²) in [5, 5.41) is 9.11. The van der Waals surface area contributed by atoms with Crippen molar-refractivity contribution in [3.8, 4) is 18.1 Å². The first-order chi connectivity index (χ1) is 18.8. The van der Waals surface area contributed by atoms with E-state index in [0.29, 0.717) is 31.7 Å². The molecular formula is C29H34N6O4. The van der Waals surface area contributed by atoms with Crippen LogP contribution in [0.25, 0.3) is 10.4 Å². The zero-order valence-electron chi connectivity index (χ0n) is 22.2. The number of nitrogens with zero attached hydrogens (tertiary/aromatic N) is 4. The molecule has 0 saturated carbocycles. The van der Waals surface area contributed by atoms with Crippen molar-refractivity contribution < 1.29 is 19.1 Å². The molecule has 1 aliphatic rings. The van der Waals surface area contributed by atoms with Crippen LogP contribution in [-0.4, -0.2) is 53.8 Å². The highest BCUT2D eigenvalue weighted by atomic mass is 16.5. The van der Waals surface area contributed by atoms with Gasteiger partial charge in [-0.1, -0.05) is 67.3 Å². The molecule has 0 spiro atoms. The Morgan fingerprint density at radius 2 is 1.87 bits per heavy atom. The average molecular weight is 531 g/mol. The molecule has 1 saturated heterocycles. The minimum Gasteiger partial charge on any atom is -0.489 e. The molecule has 10 nitrogen and oxygen atoms in total. The molecule has 2 aromatic rings. The molecule has 0 unspecified atom stereocenters. The first-order valence-electron chi connectivity index (χ1n) is 13.0. The minimum absolute atomic E-state index is 0.0555. The number of amides is 3. The van der Waals surface area contributed by atoms with Gasteiger partial charge in [-0.05, 0) is 54.0 Å². The topological polar surface area (TPSA) is 137 Å². The average Bonchev–Trinajstić information content (AvgIpc) is 3.44. The lowest BCUT2D eigenvalue weighted by molar-refractivity contribution is -0.140. The summed E-state index contributed by atoms with van der Waals surface area (Å²) < 4.78 is 5.82. The van der Waals surface area contributed by atoms with Crippen LogP contribution in [0.2, 0.25) is 0 Å². The maximum atomic E-state index is 13.4. The van der Waals surface area contributed by atoms with E-state index in [1.165, 1.54) is 4.90 Å². The van der Waals surface area contributed by atoms with Gasteiger partial charge in [-0.3, -0.25) is 14.4 Å². The third kappa shape index (κ3) is 8.25. The summed E-state index contributed by atoms with van der Waals surface area (Å²) in [6.45, 7) is 4.47. The van der Waals surface area contributed by atoms with Crippen molar-refractivity contribution in [3.05, 3.63) is 76.2 Å². The van der Waals surface area contributed by atoms with E-state index in [9.17, 15) is 14.4 Å². The van der Waals surface area contributed by atoms with Gasteiger partial charge in [0.05, 0.1) is 6.54 Å². The number of nitrogens with one attached hydrogen (secondary N) is 2. The Morgan fingerprint density at radius 3 is 2.51 bits per heavy atom. The number of terminal acetylenes is 1. The second kappa shape index (κ2) is 14.5. The monoisotopic (exact) mass is 530 g/mol. The molecule has 1 aliphatic heterocycles. The van der Waals surface area contributed by atoms with E-state index in [0.717, 1.165) is 11.1 Å². The van der Waals surface area contributed by atoms with Crippen molar-refractivity contribution in [2.24, 2.45) is 11.0 Å². The van der Waals surface area contributed by atoms with E-state index >= 15 is 0 Å². The number of hydrogen-bond donors (Lipinski definition) is 2. The third-order valence-corrected chi connectivity index (χ3v) is 6.53. The molecule has 0 bridgehead atoms. The SMILES string of the molecule is C#CCNC(=O)[C@@H](NC(=O)[C@@H]1CCCN1C(=O)[C@H](Cc1ccc(OCc2ccccc2)cc1)N=[N+]=[N-])C(C)C. The Hall–Kier alpha value is -4.48. The molecular weight excluding hydrogens is 496 g/mol. The Kier molecular flexibility index (Phi) is 10.8. The van der Waals surface area contributed by atoms with Crippen molar-refractivity contribution in [1.82, 2.24) is 15.5 Å². The highest BCUT2D eigenvalue weighted by Crippen LogP contribution is 2.22. The molecule has 0 radical (unpaired) electrons. The maximum Gasteiger partial charge on any atom is 0.243 e. The van der Waals surface area contributed by atoms with Gasteiger partial charge in [0.15, 0.2) is 0 Å². The number of carbonyl (C=O) groups excluding carboxylic acids is 3. The van der Waals surface area contributed by atoms with Gasteiger partial charge >= 0.3 is 0 Å². The van der Waals surface area contributed by atoms with E-state index in [-0.39, 0.29) is 24.8 Å². The van der Waals surface area contributed by atoms with E-state index in [1.807, 2.05) is 56.3 Å². The molecule has 1 fully saturated rings. The van der Waals surface area contributed by atoms with Crippen LogP contribution in [0, 0.1) is 18.3 Å². The molecule has 0 aromatic heterocycles. The number of carbonyl (C=O) groups is 3. The summed E-state index contributed by atoms with van der Waals surface area (Å²) in [7, 11) is 0. The van der Waals surface area contributed by atoms with E-state index in [1.54, 1.807) is 12.1 Å². The largest absolute Gasteiger partial charge is 0.489 e. The first-order valence-corrected chi connectivity index (χ1v) is 13.0. The predicted molar refractivity (Wildman–Crippen MR) is 147 cm³/mol. The van der Waals surface area contributed by atoms with Gasteiger partial charge in [-0.25, -0.2) is 0 Å². The van der Waals surface area contributed by atoms with Gasteiger partial charge in [-0.2, -0.15) is 0 Å². The van der Waals surface area contributed by atoms with Crippen molar-refractivity contribution in [3.63, 3.8) is 0 Å². The van der Waals surface area contributed by atoms with Crippen LogP contribution >= 0.6 is 0 Å². The molecule has 1 heterocycles. The quantitative estimate of drug-likeness (QED) is 0.188. The van der Waals surface area contributed by atoms with E-state index in [2.05, 4.69) is 26.6 Å². The van der Waals surface area contributed by atoms with Gasteiger partial charge in [0, 0.05) is 11.5 Å². The number of hydrogen-bond acceptors (Lipinski definition) is 5. The molecule has 3 rings (SSSR count). The van der Waals surface area contributed by atoms with Crippen LogP contribution in [0.5, 0.6) is 5.75 Å². The molecule has 2 N–H and O–H groups in total. The highest BCUT2D eigenvalue weighted by molar-refractivity contribution is 5.93. The van der Waals surface area contributed by atoms with Gasteiger partial charge in [0.2, 0.25) is 17.7 Å². The van der Waals surface area contributed by atoms with Crippen molar-refractivity contribution in [2.45, 2.75) is 57.8 Å². The third-order valence-electron chi connectivity index (χ3n) is 6.53. The van der Waals surface area contributed by atoms with Crippen LogP contribution in [0.15, 0.2) is 59.7 Å². The lowest BCUT2D eigenvalue weighted by atomic mass is 10.0. The molecule has 10 heteroatoms. The fourth-order valence-electron chi connectivity index (χ4n) is 4.45.